The van der Waals surface area contributed by atoms with Gasteiger partial charge in [0.25, 0.3) is 0 Å². The Morgan fingerprint density at radius 2 is 1.95 bits per heavy atom. The molecule has 1 atom stereocenters. The van der Waals surface area contributed by atoms with E-state index in [0.717, 1.165) is 37.0 Å². The zero-order valence-corrected chi connectivity index (χ0v) is 12.3. The van der Waals surface area contributed by atoms with E-state index in [-0.39, 0.29) is 0 Å². The highest BCUT2D eigenvalue weighted by atomic mass is 16.5. The third kappa shape index (κ3) is 2.81. The van der Waals surface area contributed by atoms with E-state index in [9.17, 15) is 10.4 Å². The van der Waals surface area contributed by atoms with Crippen LogP contribution in [0.3, 0.4) is 0 Å². The highest BCUT2D eigenvalue weighted by molar-refractivity contribution is 5.30. The molecule has 0 saturated heterocycles. The molecule has 1 fully saturated rings. The number of aliphatic hydroxyl groups excluding tert-OH is 1. The van der Waals surface area contributed by atoms with Gasteiger partial charge in [0.1, 0.15) is 5.75 Å². The van der Waals surface area contributed by atoms with Gasteiger partial charge in [0, 0.05) is 0 Å². The molecule has 0 aliphatic heterocycles. The molecular weight excluding hydrogens is 250 g/mol. The molecule has 1 aliphatic rings. The maximum absolute atomic E-state index is 10.7. The van der Waals surface area contributed by atoms with Gasteiger partial charge >= 0.3 is 0 Å². The molecule has 1 aromatic carbocycles. The van der Waals surface area contributed by atoms with Crippen LogP contribution in [-0.2, 0) is 0 Å². The normalized spacial score (nSPS) is 27.6. The molecule has 3 nitrogen and oxygen atoms in total. The Labute approximate surface area is 121 Å². The fourth-order valence-corrected chi connectivity index (χ4v) is 3.15. The summed E-state index contributed by atoms with van der Waals surface area (Å²) < 4.78 is 5.13. The zero-order chi connectivity index (χ0) is 14.6. The number of benzene rings is 1. The first kappa shape index (κ1) is 14.9. The predicted octanol–water partition coefficient (Wildman–Crippen LogP) is 3.84. The third-order valence-electron chi connectivity index (χ3n) is 4.75. The van der Waals surface area contributed by atoms with Gasteiger partial charge in [0.2, 0.25) is 0 Å². The van der Waals surface area contributed by atoms with Crippen molar-refractivity contribution in [2.75, 3.05) is 7.11 Å². The molecule has 108 valence electrons. The van der Waals surface area contributed by atoms with Crippen LogP contribution in [0, 0.1) is 22.7 Å². The molecule has 1 unspecified atom stereocenters. The van der Waals surface area contributed by atoms with Crippen molar-refractivity contribution in [1.29, 1.82) is 5.26 Å². The molecule has 0 bridgehead atoms. The SMILES string of the molecule is CCC1CCC(C#N)(C(O)c2ccc(OC)cc2)CC1. The number of hydrogen-bond acceptors (Lipinski definition) is 3. The molecule has 20 heavy (non-hydrogen) atoms. The molecule has 0 amide bonds. The van der Waals surface area contributed by atoms with E-state index in [1.807, 2.05) is 24.3 Å². The summed E-state index contributed by atoms with van der Waals surface area (Å²) in [5.74, 6) is 1.47. The summed E-state index contributed by atoms with van der Waals surface area (Å²) in [5, 5.41) is 20.3. The molecule has 3 heteroatoms. The first-order valence-corrected chi connectivity index (χ1v) is 7.38. The van der Waals surface area contributed by atoms with E-state index < -0.39 is 11.5 Å². The second kappa shape index (κ2) is 6.28. The standard InChI is InChI=1S/C17H23NO2/c1-3-13-8-10-17(12-18,11-9-13)16(19)14-4-6-15(20-2)7-5-14/h4-7,13,16,19H,3,8-11H2,1-2H3. The summed E-state index contributed by atoms with van der Waals surface area (Å²) in [6, 6.07) is 9.79. The number of hydrogen-bond donors (Lipinski definition) is 1. The van der Waals surface area contributed by atoms with E-state index in [0.29, 0.717) is 5.92 Å². The number of methoxy groups -OCH3 is 1. The van der Waals surface area contributed by atoms with Crippen molar-refractivity contribution in [2.45, 2.75) is 45.1 Å². The minimum Gasteiger partial charge on any atom is -0.497 e. The number of nitrogens with zero attached hydrogens (tertiary/aromatic N) is 1. The van der Waals surface area contributed by atoms with Crippen LogP contribution >= 0.6 is 0 Å². The Morgan fingerprint density at radius 1 is 1.35 bits per heavy atom. The summed E-state index contributed by atoms with van der Waals surface area (Å²) in [6.45, 7) is 2.20. The Balaban J connectivity index is 2.16. The van der Waals surface area contributed by atoms with Gasteiger partial charge in [-0.05, 0) is 49.3 Å². The molecule has 0 heterocycles. The van der Waals surface area contributed by atoms with Crippen LogP contribution in [0.15, 0.2) is 24.3 Å². The average Bonchev–Trinajstić information content (AvgIpc) is 2.54. The van der Waals surface area contributed by atoms with Gasteiger partial charge in [-0.15, -0.1) is 0 Å². The van der Waals surface area contributed by atoms with Gasteiger partial charge in [-0.1, -0.05) is 25.5 Å². The second-order valence-electron chi connectivity index (χ2n) is 5.80. The van der Waals surface area contributed by atoms with Gasteiger partial charge in [-0.25, -0.2) is 0 Å². The third-order valence-corrected chi connectivity index (χ3v) is 4.75. The fourth-order valence-electron chi connectivity index (χ4n) is 3.15. The smallest absolute Gasteiger partial charge is 0.118 e. The molecule has 0 spiro atoms. The van der Waals surface area contributed by atoms with E-state index in [1.165, 1.54) is 6.42 Å². The molecule has 0 radical (unpaired) electrons. The van der Waals surface area contributed by atoms with Crippen molar-refractivity contribution in [2.24, 2.45) is 11.3 Å². The Bertz CT molecular complexity index is 467. The Kier molecular flexibility index (Phi) is 4.67. The Hall–Kier alpha value is -1.53. The zero-order valence-electron chi connectivity index (χ0n) is 12.3. The minimum absolute atomic E-state index is 0.625. The molecule has 1 saturated carbocycles. The van der Waals surface area contributed by atoms with Gasteiger partial charge in [-0.2, -0.15) is 5.26 Å². The van der Waals surface area contributed by atoms with Crippen LogP contribution in [0.2, 0.25) is 0 Å². The van der Waals surface area contributed by atoms with Crippen molar-refractivity contribution < 1.29 is 9.84 Å². The average molecular weight is 273 g/mol. The van der Waals surface area contributed by atoms with E-state index in [1.54, 1.807) is 7.11 Å². The number of rotatable bonds is 4. The number of ether oxygens (including phenoxy) is 1. The lowest BCUT2D eigenvalue weighted by molar-refractivity contribution is 0.0242. The van der Waals surface area contributed by atoms with E-state index in [2.05, 4.69) is 13.0 Å². The van der Waals surface area contributed by atoms with Crippen molar-refractivity contribution in [3.05, 3.63) is 29.8 Å². The second-order valence-corrected chi connectivity index (χ2v) is 5.80. The highest BCUT2D eigenvalue weighted by Crippen LogP contribution is 2.47. The van der Waals surface area contributed by atoms with Crippen LogP contribution in [0.5, 0.6) is 5.75 Å². The first-order chi connectivity index (χ1) is 9.65. The largest absolute Gasteiger partial charge is 0.497 e. The van der Waals surface area contributed by atoms with Crippen LogP contribution in [0.25, 0.3) is 0 Å². The lowest BCUT2D eigenvalue weighted by Crippen LogP contribution is -2.32. The van der Waals surface area contributed by atoms with Gasteiger partial charge in [-0.3, -0.25) is 0 Å². The summed E-state index contributed by atoms with van der Waals surface area (Å²) in [6.07, 6.45) is 4.11. The van der Waals surface area contributed by atoms with Crippen LogP contribution in [-0.4, -0.2) is 12.2 Å². The molecule has 0 aromatic heterocycles. The number of nitriles is 1. The molecule has 1 N–H and O–H groups in total. The summed E-state index contributed by atoms with van der Waals surface area (Å²) in [5.41, 5.74) is 0.183. The van der Waals surface area contributed by atoms with Crippen molar-refractivity contribution in [3.8, 4) is 11.8 Å². The highest BCUT2D eigenvalue weighted by Gasteiger charge is 2.42. The lowest BCUT2D eigenvalue weighted by atomic mass is 9.66. The minimum atomic E-state index is -0.712. The van der Waals surface area contributed by atoms with Crippen LogP contribution in [0.1, 0.15) is 50.7 Å². The monoisotopic (exact) mass is 273 g/mol. The molecule has 1 aromatic rings. The predicted molar refractivity (Wildman–Crippen MR) is 78.2 cm³/mol. The van der Waals surface area contributed by atoms with E-state index in [4.69, 9.17) is 4.74 Å². The Morgan fingerprint density at radius 3 is 2.40 bits per heavy atom. The quantitative estimate of drug-likeness (QED) is 0.906. The van der Waals surface area contributed by atoms with Crippen LogP contribution < -0.4 is 4.74 Å². The maximum atomic E-state index is 10.7. The van der Waals surface area contributed by atoms with Crippen LogP contribution in [0.4, 0.5) is 0 Å². The first-order valence-electron chi connectivity index (χ1n) is 7.38. The molecule has 2 rings (SSSR count). The fraction of sp³-hybridized carbons (Fsp3) is 0.588. The van der Waals surface area contributed by atoms with Crippen molar-refractivity contribution in [1.82, 2.24) is 0 Å². The maximum Gasteiger partial charge on any atom is 0.118 e. The van der Waals surface area contributed by atoms with Gasteiger partial charge in [0.15, 0.2) is 0 Å². The van der Waals surface area contributed by atoms with Crippen molar-refractivity contribution >= 4 is 0 Å². The summed E-state index contributed by atoms with van der Waals surface area (Å²) >= 11 is 0. The van der Waals surface area contributed by atoms with Gasteiger partial charge < -0.3 is 9.84 Å². The van der Waals surface area contributed by atoms with E-state index >= 15 is 0 Å². The van der Waals surface area contributed by atoms with Gasteiger partial charge in [0.05, 0.1) is 24.7 Å². The molecular formula is C17H23NO2. The van der Waals surface area contributed by atoms with Crippen molar-refractivity contribution in [3.63, 3.8) is 0 Å². The summed E-state index contributed by atoms with van der Waals surface area (Å²) in [4.78, 5) is 0. The summed E-state index contributed by atoms with van der Waals surface area (Å²) in [7, 11) is 1.62. The topological polar surface area (TPSA) is 53.2 Å². The molecule has 1 aliphatic carbocycles. The number of aliphatic hydroxyl groups is 1. The lowest BCUT2D eigenvalue weighted by Gasteiger charge is -2.38.